The van der Waals surface area contributed by atoms with E-state index in [-0.39, 0.29) is 33.7 Å². The maximum atomic E-state index is 11.8. The summed E-state index contributed by atoms with van der Waals surface area (Å²) in [6, 6.07) is 5.15. The molecule has 0 bridgehead atoms. The first kappa shape index (κ1) is 17.0. The van der Waals surface area contributed by atoms with E-state index in [1.807, 2.05) is 6.07 Å². The van der Waals surface area contributed by atoms with Gasteiger partial charge in [-0.05, 0) is 6.07 Å². The Kier molecular flexibility index (Phi) is 5.13. The van der Waals surface area contributed by atoms with Gasteiger partial charge in [0, 0.05) is 6.07 Å². The fourth-order valence-corrected chi connectivity index (χ4v) is 2.21. The molecule has 11 heteroatoms. The zero-order chi connectivity index (χ0) is 17.7. The number of carbonyl (C=O) groups is 1. The first-order chi connectivity index (χ1) is 11.4. The summed E-state index contributed by atoms with van der Waals surface area (Å²) in [6.45, 7) is 0. The molecule has 0 fully saturated rings. The summed E-state index contributed by atoms with van der Waals surface area (Å²) >= 11 is 0.981. The number of aromatic nitrogens is 2. The van der Waals surface area contributed by atoms with E-state index in [9.17, 15) is 20.0 Å². The molecule has 2 aromatic rings. The van der Waals surface area contributed by atoms with Gasteiger partial charge in [0.25, 0.3) is 5.69 Å². The third-order valence-corrected chi connectivity index (χ3v) is 3.58. The zero-order valence-corrected chi connectivity index (χ0v) is 12.8. The summed E-state index contributed by atoms with van der Waals surface area (Å²) in [4.78, 5) is 29.5. The van der Waals surface area contributed by atoms with Crippen LogP contribution in [0.25, 0.3) is 0 Å². The monoisotopic (exact) mass is 346 g/mol. The van der Waals surface area contributed by atoms with Gasteiger partial charge in [0.1, 0.15) is 23.2 Å². The molecule has 0 atom stereocenters. The molecule has 2 rings (SSSR count). The molecule has 1 amide bonds. The number of non-ortho nitro benzene ring substituents is 1. The van der Waals surface area contributed by atoms with Crippen LogP contribution in [0.15, 0.2) is 29.6 Å². The number of carbonyl (C=O) groups excluding carboxylic acids is 1. The van der Waals surface area contributed by atoms with Crippen molar-refractivity contribution >= 4 is 34.9 Å². The van der Waals surface area contributed by atoms with Crippen molar-refractivity contribution in [2.75, 3.05) is 16.8 Å². The van der Waals surface area contributed by atoms with Crippen LogP contribution in [0.2, 0.25) is 0 Å². The van der Waals surface area contributed by atoms with Gasteiger partial charge in [-0.1, -0.05) is 11.8 Å². The quantitative estimate of drug-likeness (QED) is 0.237. The number of phenolic OH excluding ortho intramolecular Hbond substituents is 1. The second-order valence-corrected chi connectivity index (χ2v) is 5.30. The SMILES string of the molecule is N#Cc1cnc(SCC(=O)Nc2ccc([N+](=O)[O-])cc2O)nc1N. The summed E-state index contributed by atoms with van der Waals surface area (Å²) in [5.74, 6) is -0.956. The molecule has 24 heavy (non-hydrogen) atoms. The Morgan fingerprint density at radius 2 is 2.29 bits per heavy atom. The smallest absolute Gasteiger partial charge is 0.273 e. The number of nitrogens with two attached hydrogens (primary N) is 1. The van der Waals surface area contributed by atoms with E-state index in [0.29, 0.717) is 0 Å². The number of nitrogens with zero attached hydrogens (tertiary/aromatic N) is 4. The molecule has 1 aromatic heterocycles. The van der Waals surface area contributed by atoms with Crippen molar-refractivity contribution in [2.24, 2.45) is 0 Å². The van der Waals surface area contributed by atoms with E-state index in [1.165, 1.54) is 12.3 Å². The van der Waals surface area contributed by atoms with E-state index in [4.69, 9.17) is 11.0 Å². The number of nitro benzene ring substituents is 1. The van der Waals surface area contributed by atoms with Crippen LogP contribution in [0.4, 0.5) is 17.2 Å². The lowest BCUT2D eigenvalue weighted by Gasteiger charge is -2.07. The number of anilines is 2. The Hall–Kier alpha value is -3.39. The molecule has 0 aliphatic carbocycles. The van der Waals surface area contributed by atoms with Crippen LogP contribution in [-0.2, 0) is 4.79 Å². The molecule has 1 heterocycles. The van der Waals surface area contributed by atoms with Crippen LogP contribution in [-0.4, -0.2) is 31.7 Å². The summed E-state index contributed by atoms with van der Waals surface area (Å²) in [5.41, 5.74) is 5.44. The molecule has 0 aliphatic heterocycles. The highest BCUT2D eigenvalue weighted by atomic mass is 32.2. The number of nitrogen functional groups attached to an aromatic ring is 1. The lowest BCUT2D eigenvalue weighted by Crippen LogP contribution is -2.14. The fourth-order valence-electron chi connectivity index (χ4n) is 1.59. The van der Waals surface area contributed by atoms with Gasteiger partial charge in [-0.3, -0.25) is 14.9 Å². The van der Waals surface area contributed by atoms with E-state index in [0.717, 1.165) is 23.9 Å². The average Bonchev–Trinajstić information content (AvgIpc) is 2.54. The molecule has 0 saturated carbocycles. The van der Waals surface area contributed by atoms with E-state index >= 15 is 0 Å². The van der Waals surface area contributed by atoms with E-state index in [2.05, 4.69) is 15.3 Å². The minimum atomic E-state index is -0.659. The molecule has 0 radical (unpaired) electrons. The summed E-state index contributed by atoms with van der Waals surface area (Å²) in [5, 5.41) is 31.6. The van der Waals surface area contributed by atoms with Crippen LogP contribution in [0, 0.1) is 21.4 Å². The third kappa shape index (κ3) is 4.08. The maximum Gasteiger partial charge on any atom is 0.273 e. The molecule has 0 unspecified atom stereocenters. The minimum Gasteiger partial charge on any atom is -0.506 e. The number of amides is 1. The Labute approximate surface area is 139 Å². The number of rotatable bonds is 5. The number of hydrogen-bond acceptors (Lipinski definition) is 9. The van der Waals surface area contributed by atoms with Crippen molar-refractivity contribution in [3.8, 4) is 11.8 Å². The number of benzene rings is 1. The number of thioether (sulfide) groups is 1. The lowest BCUT2D eigenvalue weighted by atomic mass is 10.2. The molecule has 122 valence electrons. The van der Waals surface area contributed by atoms with Crippen molar-refractivity contribution in [1.29, 1.82) is 5.26 Å². The Morgan fingerprint density at radius 1 is 1.54 bits per heavy atom. The van der Waals surface area contributed by atoms with E-state index < -0.39 is 16.6 Å². The molecule has 0 spiro atoms. The van der Waals surface area contributed by atoms with Gasteiger partial charge in [0.05, 0.1) is 28.6 Å². The van der Waals surface area contributed by atoms with Gasteiger partial charge < -0.3 is 16.2 Å². The molecule has 4 N–H and O–H groups in total. The number of aromatic hydroxyl groups is 1. The van der Waals surface area contributed by atoms with Gasteiger partial charge in [-0.25, -0.2) is 9.97 Å². The molecule has 0 aliphatic rings. The van der Waals surface area contributed by atoms with Crippen molar-refractivity contribution < 1.29 is 14.8 Å². The lowest BCUT2D eigenvalue weighted by molar-refractivity contribution is -0.384. The number of nitro groups is 1. The predicted molar refractivity (Wildman–Crippen MR) is 85.3 cm³/mol. The topological polar surface area (TPSA) is 168 Å². The molecule has 0 saturated heterocycles. The first-order valence-corrected chi connectivity index (χ1v) is 7.32. The summed E-state index contributed by atoms with van der Waals surface area (Å²) in [6.07, 6.45) is 1.25. The number of nitrogens with one attached hydrogen (secondary N) is 1. The molecular weight excluding hydrogens is 336 g/mol. The van der Waals surface area contributed by atoms with Crippen LogP contribution < -0.4 is 11.1 Å². The second-order valence-electron chi connectivity index (χ2n) is 4.36. The normalized spacial score (nSPS) is 9.96. The highest BCUT2D eigenvalue weighted by Gasteiger charge is 2.13. The molecule has 10 nitrogen and oxygen atoms in total. The largest absolute Gasteiger partial charge is 0.506 e. The Morgan fingerprint density at radius 3 is 2.88 bits per heavy atom. The van der Waals surface area contributed by atoms with Crippen LogP contribution in [0.1, 0.15) is 5.56 Å². The van der Waals surface area contributed by atoms with Crippen LogP contribution >= 0.6 is 11.8 Å². The molecular formula is C13H10N6O4S. The zero-order valence-electron chi connectivity index (χ0n) is 12.0. The maximum absolute atomic E-state index is 11.8. The Bertz CT molecular complexity index is 851. The second kappa shape index (κ2) is 7.25. The summed E-state index contributed by atoms with van der Waals surface area (Å²) in [7, 11) is 0. The number of nitriles is 1. The Balaban J connectivity index is 1.98. The number of phenols is 1. The predicted octanol–water partition coefficient (Wildman–Crippen LogP) is 1.28. The van der Waals surface area contributed by atoms with Crippen molar-refractivity contribution in [3.63, 3.8) is 0 Å². The van der Waals surface area contributed by atoms with Crippen molar-refractivity contribution in [2.45, 2.75) is 5.16 Å². The third-order valence-electron chi connectivity index (χ3n) is 2.72. The highest BCUT2D eigenvalue weighted by Crippen LogP contribution is 2.28. The van der Waals surface area contributed by atoms with Gasteiger partial charge >= 0.3 is 0 Å². The molecule has 1 aromatic carbocycles. The fraction of sp³-hybridized carbons (Fsp3) is 0.0769. The van der Waals surface area contributed by atoms with E-state index in [1.54, 1.807) is 0 Å². The first-order valence-electron chi connectivity index (χ1n) is 6.33. The van der Waals surface area contributed by atoms with Gasteiger partial charge in [-0.15, -0.1) is 0 Å². The van der Waals surface area contributed by atoms with Crippen molar-refractivity contribution in [3.05, 3.63) is 40.1 Å². The summed E-state index contributed by atoms with van der Waals surface area (Å²) < 4.78 is 0. The van der Waals surface area contributed by atoms with Gasteiger partial charge in [0.15, 0.2) is 5.16 Å². The van der Waals surface area contributed by atoms with Gasteiger partial charge in [-0.2, -0.15) is 5.26 Å². The average molecular weight is 346 g/mol. The van der Waals surface area contributed by atoms with Crippen LogP contribution in [0.3, 0.4) is 0 Å². The van der Waals surface area contributed by atoms with Crippen LogP contribution in [0.5, 0.6) is 5.75 Å². The minimum absolute atomic E-state index is 0.0171. The van der Waals surface area contributed by atoms with Gasteiger partial charge in [0.2, 0.25) is 5.91 Å². The highest BCUT2D eigenvalue weighted by molar-refractivity contribution is 7.99. The van der Waals surface area contributed by atoms with Crippen molar-refractivity contribution in [1.82, 2.24) is 9.97 Å². The standard InChI is InChI=1S/C13H10N6O4S/c14-4-7-5-16-13(18-12(7)15)24-6-11(21)17-9-2-1-8(19(22)23)3-10(9)20/h1-3,5,20H,6H2,(H,17,21)(H2,15,16,18). The number of hydrogen-bond donors (Lipinski definition) is 3.